The number of hydrogen-bond acceptors (Lipinski definition) is 9. The quantitative estimate of drug-likeness (QED) is 0.471. The number of methoxy groups -OCH3 is 4. The summed E-state index contributed by atoms with van der Waals surface area (Å²) in [6.45, 7) is 3.97. The van der Waals surface area contributed by atoms with Gasteiger partial charge in [0.15, 0.2) is 12.9 Å². The minimum absolute atomic E-state index is 0.0192. The first-order valence-corrected chi connectivity index (χ1v) is 6.97. The molecule has 0 amide bonds. The van der Waals surface area contributed by atoms with Gasteiger partial charge in [-0.15, -0.1) is 0 Å². The Labute approximate surface area is 136 Å². The highest BCUT2D eigenvalue weighted by molar-refractivity contribution is 5.05. The molecular formula is C14H26O9. The second-order valence-corrected chi connectivity index (χ2v) is 4.60. The fourth-order valence-corrected chi connectivity index (χ4v) is 2.04. The van der Waals surface area contributed by atoms with E-state index < -0.39 is 24.6 Å². The lowest BCUT2D eigenvalue weighted by atomic mass is 10.0. The summed E-state index contributed by atoms with van der Waals surface area (Å²) in [6, 6.07) is 0. The number of ether oxygens (including phenoxy) is 9. The minimum Gasteiger partial charge on any atom is -0.464 e. The highest BCUT2D eigenvalue weighted by Crippen LogP contribution is 2.30. The zero-order chi connectivity index (χ0) is 17.1. The first kappa shape index (κ1) is 20.3. The van der Waals surface area contributed by atoms with E-state index in [0.717, 1.165) is 0 Å². The number of rotatable bonds is 12. The molecule has 0 aromatic heterocycles. The molecule has 1 aliphatic heterocycles. The van der Waals surface area contributed by atoms with Crippen molar-refractivity contribution in [2.24, 2.45) is 0 Å². The maximum absolute atomic E-state index is 5.69. The number of hydrogen-bond donors (Lipinski definition) is 0. The van der Waals surface area contributed by atoms with E-state index in [1.165, 1.54) is 28.4 Å². The van der Waals surface area contributed by atoms with Crippen LogP contribution in [0.4, 0.5) is 0 Å². The maximum Gasteiger partial charge on any atom is 0.230 e. The second kappa shape index (κ2) is 11.7. The molecule has 9 nitrogen and oxygen atoms in total. The van der Waals surface area contributed by atoms with Crippen molar-refractivity contribution in [3.8, 4) is 0 Å². The van der Waals surface area contributed by atoms with Crippen molar-refractivity contribution in [2.45, 2.75) is 24.6 Å². The van der Waals surface area contributed by atoms with E-state index in [-0.39, 0.29) is 27.2 Å². The second-order valence-electron chi connectivity index (χ2n) is 4.60. The summed E-state index contributed by atoms with van der Waals surface area (Å²) in [7, 11) is 6.05. The Hall–Kier alpha value is -0.780. The van der Waals surface area contributed by atoms with Gasteiger partial charge in [-0.2, -0.15) is 0 Å². The van der Waals surface area contributed by atoms with Crippen molar-refractivity contribution < 1.29 is 42.6 Å². The summed E-state index contributed by atoms with van der Waals surface area (Å²) < 4.78 is 47.8. The van der Waals surface area contributed by atoms with E-state index in [9.17, 15) is 0 Å². The van der Waals surface area contributed by atoms with Gasteiger partial charge in [0.2, 0.25) is 6.29 Å². The Balaban J connectivity index is 2.89. The van der Waals surface area contributed by atoms with Crippen LogP contribution in [0.25, 0.3) is 0 Å². The molecule has 136 valence electrons. The van der Waals surface area contributed by atoms with Crippen molar-refractivity contribution in [3.05, 3.63) is 12.3 Å². The van der Waals surface area contributed by atoms with Gasteiger partial charge in [0, 0.05) is 28.4 Å². The van der Waals surface area contributed by atoms with Crippen molar-refractivity contribution in [1.82, 2.24) is 0 Å². The van der Waals surface area contributed by atoms with Crippen molar-refractivity contribution in [1.29, 1.82) is 0 Å². The molecule has 0 spiro atoms. The zero-order valence-electron chi connectivity index (χ0n) is 14.0. The predicted octanol–water partition coefficient (Wildman–Crippen LogP) is 0.444. The largest absolute Gasteiger partial charge is 0.464 e. The topological polar surface area (TPSA) is 83.1 Å². The summed E-state index contributed by atoms with van der Waals surface area (Å²) in [4.78, 5) is 0. The summed E-state index contributed by atoms with van der Waals surface area (Å²) in [5.74, 6) is 0.335. The van der Waals surface area contributed by atoms with Crippen molar-refractivity contribution in [3.63, 3.8) is 0 Å². The Kier molecular flexibility index (Phi) is 10.3. The molecule has 1 saturated heterocycles. The van der Waals surface area contributed by atoms with Crippen LogP contribution in [0.1, 0.15) is 0 Å². The molecule has 0 bridgehead atoms. The van der Waals surface area contributed by atoms with Crippen LogP contribution in [0, 0.1) is 0 Å². The monoisotopic (exact) mass is 338 g/mol. The SMILES string of the molecule is C=C1O[C@@H](OCOC)[C@@H](OCOC)[C@H](OCOC)[C@H]1OCOC. The standard InChI is InChI=1S/C14H26O9/c1-10-11(19-6-15-2)12(20-7-16-3)13(21-8-17-4)14(23-10)22-9-18-5/h11-14H,1,6-9H2,2-5H3/t11-,12+,13-,14+/m0/s1. The van der Waals surface area contributed by atoms with E-state index in [4.69, 9.17) is 42.6 Å². The predicted molar refractivity (Wildman–Crippen MR) is 77.2 cm³/mol. The Morgan fingerprint density at radius 2 is 1.22 bits per heavy atom. The molecule has 0 unspecified atom stereocenters. The fraction of sp³-hybridized carbons (Fsp3) is 0.857. The molecule has 0 aliphatic carbocycles. The first-order chi connectivity index (χ1) is 11.2. The van der Waals surface area contributed by atoms with Gasteiger partial charge in [-0.25, -0.2) is 0 Å². The average molecular weight is 338 g/mol. The molecule has 1 aliphatic rings. The zero-order valence-corrected chi connectivity index (χ0v) is 14.0. The average Bonchev–Trinajstić information content (AvgIpc) is 2.56. The van der Waals surface area contributed by atoms with Gasteiger partial charge in [0.25, 0.3) is 0 Å². The highest BCUT2D eigenvalue weighted by atomic mass is 16.8. The molecule has 4 atom stereocenters. The molecule has 9 heteroatoms. The van der Waals surface area contributed by atoms with Crippen LogP contribution < -0.4 is 0 Å². The van der Waals surface area contributed by atoms with Crippen LogP contribution in [0.3, 0.4) is 0 Å². The third kappa shape index (κ3) is 6.32. The van der Waals surface area contributed by atoms with Gasteiger partial charge < -0.3 is 42.6 Å². The van der Waals surface area contributed by atoms with E-state index >= 15 is 0 Å². The van der Waals surface area contributed by atoms with Crippen LogP contribution in [0.15, 0.2) is 12.3 Å². The van der Waals surface area contributed by atoms with Crippen LogP contribution in [0.2, 0.25) is 0 Å². The van der Waals surface area contributed by atoms with Crippen molar-refractivity contribution >= 4 is 0 Å². The summed E-state index contributed by atoms with van der Waals surface area (Å²) in [6.07, 6.45) is -2.65. The summed E-state index contributed by atoms with van der Waals surface area (Å²) >= 11 is 0. The fourth-order valence-electron chi connectivity index (χ4n) is 2.04. The molecule has 0 aromatic carbocycles. The highest BCUT2D eigenvalue weighted by Gasteiger charge is 2.46. The third-order valence-electron chi connectivity index (χ3n) is 2.95. The van der Waals surface area contributed by atoms with Gasteiger partial charge in [-0.3, -0.25) is 0 Å². The molecular weight excluding hydrogens is 312 g/mol. The first-order valence-electron chi connectivity index (χ1n) is 6.97. The molecule has 1 fully saturated rings. The molecule has 0 aromatic rings. The van der Waals surface area contributed by atoms with Crippen molar-refractivity contribution in [2.75, 3.05) is 55.6 Å². The maximum atomic E-state index is 5.69. The summed E-state index contributed by atoms with van der Waals surface area (Å²) in [5, 5.41) is 0. The molecule has 0 N–H and O–H groups in total. The Morgan fingerprint density at radius 3 is 1.78 bits per heavy atom. The normalized spacial score (nSPS) is 27.9. The molecule has 1 heterocycles. The lowest BCUT2D eigenvalue weighted by molar-refractivity contribution is -0.308. The van der Waals surface area contributed by atoms with E-state index in [2.05, 4.69) is 6.58 Å². The van der Waals surface area contributed by atoms with Gasteiger partial charge in [-0.05, 0) is 0 Å². The van der Waals surface area contributed by atoms with E-state index in [1.807, 2.05) is 0 Å². The van der Waals surface area contributed by atoms with E-state index in [0.29, 0.717) is 5.76 Å². The van der Waals surface area contributed by atoms with Crippen LogP contribution in [-0.2, 0) is 42.6 Å². The molecule has 0 saturated carbocycles. The molecule has 23 heavy (non-hydrogen) atoms. The van der Waals surface area contributed by atoms with Gasteiger partial charge in [0.05, 0.1) is 0 Å². The van der Waals surface area contributed by atoms with Crippen LogP contribution in [-0.4, -0.2) is 80.2 Å². The van der Waals surface area contributed by atoms with E-state index in [1.54, 1.807) is 0 Å². The van der Waals surface area contributed by atoms with Gasteiger partial charge in [0.1, 0.15) is 38.3 Å². The third-order valence-corrected chi connectivity index (χ3v) is 2.95. The smallest absolute Gasteiger partial charge is 0.230 e. The summed E-state index contributed by atoms with van der Waals surface area (Å²) in [5.41, 5.74) is 0. The van der Waals surface area contributed by atoms with Gasteiger partial charge in [-0.1, -0.05) is 6.58 Å². The Morgan fingerprint density at radius 1 is 0.739 bits per heavy atom. The van der Waals surface area contributed by atoms with Crippen LogP contribution in [0.5, 0.6) is 0 Å². The molecule has 1 rings (SSSR count). The molecule has 0 radical (unpaired) electrons. The lowest BCUT2D eigenvalue weighted by Crippen LogP contribution is -2.56. The van der Waals surface area contributed by atoms with Gasteiger partial charge >= 0.3 is 0 Å². The van der Waals surface area contributed by atoms with Crippen LogP contribution >= 0.6 is 0 Å². The Bertz CT molecular complexity index is 325. The minimum atomic E-state index is -0.790. The lowest BCUT2D eigenvalue weighted by Gasteiger charge is -2.42.